The van der Waals surface area contributed by atoms with Crippen LogP contribution >= 0.6 is 0 Å². The Hall–Kier alpha value is -0.300. The summed E-state index contributed by atoms with van der Waals surface area (Å²) in [6.45, 7) is 9.70. The van der Waals surface area contributed by atoms with Crippen LogP contribution in [0.3, 0.4) is 0 Å². The van der Waals surface area contributed by atoms with E-state index in [1.54, 1.807) is 0 Å². The van der Waals surface area contributed by atoms with E-state index in [-0.39, 0.29) is 11.5 Å². The lowest BCUT2D eigenvalue weighted by Crippen LogP contribution is -2.59. The van der Waals surface area contributed by atoms with E-state index < -0.39 is 0 Å². The lowest BCUT2D eigenvalue weighted by Gasteiger charge is -2.65. The van der Waals surface area contributed by atoms with E-state index in [4.69, 9.17) is 0 Å². The van der Waals surface area contributed by atoms with E-state index >= 15 is 0 Å². The monoisotopic (exact) mass is 288 g/mol. The van der Waals surface area contributed by atoms with Crippen molar-refractivity contribution in [3.05, 3.63) is 12.2 Å². The highest BCUT2D eigenvalue weighted by atomic mass is 16.3. The number of hydrogen-bond acceptors (Lipinski definition) is 1. The maximum Gasteiger partial charge on any atom is 0.0594 e. The molecule has 6 atom stereocenters. The summed E-state index contributed by atoms with van der Waals surface area (Å²) in [4.78, 5) is 0. The molecule has 1 N–H and O–H groups in total. The summed E-state index contributed by atoms with van der Waals surface area (Å²) in [5.41, 5.74) is 1.52. The van der Waals surface area contributed by atoms with Gasteiger partial charge in [-0.15, -0.1) is 0 Å². The third-order valence-corrected chi connectivity index (χ3v) is 8.45. The maximum absolute atomic E-state index is 10.5. The van der Waals surface area contributed by atoms with Crippen LogP contribution in [0.2, 0.25) is 0 Å². The van der Waals surface area contributed by atoms with Gasteiger partial charge in [-0.3, -0.25) is 0 Å². The van der Waals surface area contributed by atoms with E-state index in [2.05, 4.69) is 39.8 Å². The second-order valence-electron chi connectivity index (χ2n) is 9.96. The van der Waals surface area contributed by atoms with Gasteiger partial charge in [0.2, 0.25) is 0 Å². The van der Waals surface area contributed by atoms with Gasteiger partial charge in [-0.05, 0) is 78.4 Å². The van der Waals surface area contributed by atoms with Gasteiger partial charge in [-0.1, -0.05) is 39.8 Å². The second-order valence-corrected chi connectivity index (χ2v) is 9.96. The van der Waals surface area contributed by atoms with Crippen molar-refractivity contribution >= 4 is 0 Å². The first kappa shape index (κ1) is 14.3. The number of rotatable bonds is 0. The Morgan fingerprint density at radius 1 is 0.857 bits per heavy atom. The third kappa shape index (κ3) is 1.68. The molecule has 0 aromatic rings. The Bertz CT molecular complexity index is 492. The molecule has 0 aromatic heterocycles. The highest BCUT2D eigenvalue weighted by molar-refractivity contribution is 5.25. The van der Waals surface area contributed by atoms with Crippen molar-refractivity contribution in [2.24, 2.45) is 33.5 Å². The van der Waals surface area contributed by atoms with Gasteiger partial charge >= 0.3 is 0 Å². The second kappa shape index (κ2) is 3.96. The molecule has 118 valence electrons. The minimum Gasteiger partial charge on any atom is -0.393 e. The fourth-order valence-electron chi connectivity index (χ4n) is 7.35. The standard InChI is InChI=1S/C20H32O/c1-17(2)14-6-10-20-12-11-18(3,13-20)8-5-15(20)19(14,4)9-7-16(17)21/h11-12,14-16,21H,5-10,13H2,1-4H3/t14?,15?,16?,18-,19-,20+/m0/s1. The number of allylic oxidation sites excluding steroid dienone is 2. The van der Waals surface area contributed by atoms with Gasteiger partial charge in [0.15, 0.2) is 0 Å². The van der Waals surface area contributed by atoms with E-state index in [9.17, 15) is 5.11 Å². The maximum atomic E-state index is 10.5. The Morgan fingerprint density at radius 2 is 1.57 bits per heavy atom. The summed E-state index contributed by atoms with van der Waals surface area (Å²) in [5.74, 6) is 1.55. The van der Waals surface area contributed by atoms with Crippen LogP contribution in [0.4, 0.5) is 0 Å². The third-order valence-electron chi connectivity index (χ3n) is 8.45. The lowest BCUT2D eigenvalue weighted by atomic mass is 9.40. The predicted octanol–water partition coefficient (Wildman–Crippen LogP) is 4.95. The zero-order chi connectivity index (χ0) is 15.1. The fourth-order valence-corrected chi connectivity index (χ4v) is 7.35. The Labute approximate surface area is 130 Å². The van der Waals surface area contributed by atoms with Gasteiger partial charge in [0, 0.05) is 0 Å². The molecule has 3 fully saturated rings. The first-order chi connectivity index (χ1) is 9.72. The van der Waals surface area contributed by atoms with E-state index in [1.807, 2.05) is 0 Å². The van der Waals surface area contributed by atoms with Gasteiger partial charge in [0.1, 0.15) is 0 Å². The van der Waals surface area contributed by atoms with E-state index in [0.29, 0.717) is 22.2 Å². The number of fused-ring (bicyclic) bond motifs is 3. The molecule has 0 saturated heterocycles. The molecule has 1 heteroatoms. The van der Waals surface area contributed by atoms with Crippen molar-refractivity contribution in [1.29, 1.82) is 0 Å². The summed E-state index contributed by atoms with van der Waals surface area (Å²) in [7, 11) is 0. The molecular weight excluding hydrogens is 256 g/mol. The molecular formula is C20H32O. The van der Waals surface area contributed by atoms with Crippen molar-refractivity contribution in [3.63, 3.8) is 0 Å². The zero-order valence-corrected chi connectivity index (χ0v) is 14.3. The van der Waals surface area contributed by atoms with Gasteiger partial charge in [0.05, 0.1) is 6.10 Å². The SMILES string of the molecule is CC1(C)C(O)CC[C@@]2(C)C1CC[C@]13C=C[C@](C)(CCC12)C3. The van der Waals surface area contributed by atoms with Gasteiger partial charge < -0.3 is 5.11 Å². The molecule has 2 bridgehead atoms. The number of aliphatic hydroxyl groups is 1. The molecule has 3 saturated carbocycles. The van der Waals surface area contributed by atoms with Crippen molar-refractivity contribution < 1.29 is 5.11 Å². The average Bonchev–Trinajstić information content (AvgIpc) is 2.65. The molecule has 1 nitrogen and oxygen atoms in total. The Balaban J connectivity index is 1.74. The predicted molar refractivity (Wildman–Crippen MR) is 86.9 cm³/mol. The van der Waals surface area contributed by atoms with Crippen LogP contribution in [-0.2, 0) is 0 Å². The lowest BCUT2D eigenvalue weighted by molar-refractivity contribution is -0.176. The molecule has 1 spiro atoms. The number of hydrogen-bond donors (Lipinski definition) is 1. The molecule has 21 heavy (non-hydrogen) atoms. The minimum absolute atomic E-state index is 0.0949. The van der Waals surface area contributed by atoms with E-state index in [0.717, 1.165) is 12.3 Å². The quantitative estimate of drug-likeness (QED) is 0.626. The van der Waals surface area contributed by atoms with E-state index in [1.165, 1.54) is 38.5 Å². The summed E-state index contributed by atoms with van der Waals surface area (Å²) in [6.07, 6.45) is 14.2. The zero-order valence-electron chi connectivity index (χ0n) is 14.3. The van der Waals surface area contributed by atoms with Gasteiger partial charge in [-0.25, -0.2) is 0 Å². The summed E-state index contributed by atoms with van der Waals surface area (Å²) < 4.78 is 0. The molecule has 0 aromatic carbocycles. The van der Waals surface area contributed by atoms with Crippen LogP contribution in [0.25, 0.3) is 0 Å². The topological polar surface area (TPSA) is 20.2 Å². The van der Waals surface area contributed by atoms with Crippen LogP contribution in [0, 0.1) is 33.5 Å². The first-order valence-electron chi connectivity index (χ1n) is 9.10. The van der Waals surface area contributed by atoms with Crippen LogP contribution in [0.15, 0.2) is 12.2 Å². The summed E-state index contributed by atoms with van der Waals surface area (Å²) in [5, 5.41) is 10.5. The molecule has 0 radical (unpaired) electrons. The van der Waals surface area contributed by atoms with Crippen molar-refractivity contribution in [2.75, 3.05) is 0 Å². The largest absolute Gasteiger partial charge is 0.393 e. The molecule has 0 heterocycles. The van der Waals surface area contributed by atoms with Crippen molar-refractivity contribution in [2.45, 2.75) is 78.7 Å². The Kier molecular flexibility index (Phi) is 2.70. The van der Waals surface area contributed by atoms with Crippen LogP contribution < -0.4 is 0 Å². The highest BCUT2D eigenvalue weighted by Gasteiger charge is 2.64. The summed E-state index contributed by atoms with van der Waals surface area (Å²) in [6, 6.07) is 0. The fraction of sp³-hybridized carbons (Fsp3) is 0.900. The minimum atomic E-state index is -0.0994. The van der Waals surface area contributed by atoms with Gasteiger partial charge in [0.25, 0.3) is 0 Å². The molecule has 4 aliphatic rings. The number of aliphatic hydroxyl groups excluding tert-OH is 1. The van der Waals surface area contributed by atoms with Crippen molar-refractivity contribution in [3.8, 4) is 0 Å². The smallest absolute Gasteiger partial charge is 0.0594 e. The van der Waals surface area contributed by atoms with Crippen LogP contribution in [-0.4, -0.2) is 11.2 Å². The molecule has 3 unspecified atom stereocenters. The normalized spacial score (nSPS) is 57.7. The average molecular weight is 288 g/mol. The first-order valence-corrected chi connectivity index (χ1v) is 9.10. The molecule has 4 aliphatic carbocycles. The highest BCUT2D eigenvalue weighted by Crippen LogP contribution is 2.71. The van der Waals surface area contributed by atoms with Gasteiger partial charge in [-0.2, -0.15) is 0 Å². The van der Waals surface area contributed by atoms with Crippen LogP contribution in [0.5, 0.6) is 0 Å². The molecule has 0 aliphatic heterocycles. The molecule has 0 amide bonds. The molecule has 4 rings (SSSR count). The van der Waals surface area contributed by atoms with Crippen LogP contribution in [0.1, 0.15) is 72.6 Å². The summed E-state index contributed by atoms with van der Waals surface area (Å²) >= 11 is 0. The van der Waals surface area contributed by atoms with Crippen molar-refractivity contribution in [1.82, 2.24) is 0 Å². The Morgan fingerprint density at radius 3 is 2.33 bits per heavy atom.